The van der Waals surface area contributed by atoms with Gasteiger partial charge in [0.25, 0.3) is 0 Å². The summed E-state index contributed by atoms with van der Waals surface area (Å²) in [5, 5.41) is 0.993. The number of hydrogen-bond donors (Lipinski definition) is 0. The summed E-state index contributed by atoms with van der Waals surface area (Å²) in [6.07, 6.45) is 10.9. The Balaban J connectivity index is 1.61. The molecule has 1 aromatic heterocycles. The fraction of sp³-hybridized carbons (Fsp3) is 0.565. The van der Waals surface area contributed by atoms with Crippen LogP contribution in [-0.2, 0) is 11.3 Å². The SMILES string of the molecule is C[C@H]1CCCCN1C(=O)Cn1cc(C(=O)C2CCCCC2)c2ccccc21. The molecule has 1 aromatic carbocycles. The molecule has 2 fully saturated rings. The second kappa shape index (κ2) is 7.87. The summed E-state index contributed by atoms with van der Waals surface area (Å²) in [4.78, 5) is 28.1. The van der Waals surface area contributed by atoms with Gasteiger partial charge in [-0.05, 0) is 45.1 Å². The number of hydrogen-bond acceptors (Lipinski definition) is 2. The molecule has 0 bridgehead atoms. The Morgan fingerprint density at radius 1 is 1.00 bits per heavy atom. The van der Waals surface area contributed by atoms with Crippen LogP contribution in [0.25, 0.3) is 10.9 Å². The van der Waals surface area contributed by atoms with Crippen molar-refractivity contribution < 1.29 is 9.59 Å². The lowest BCUT2D eigenvalue weighted by atomic mass is 9.84. The molecule has 144 valence electrons. The topological polar surface area (TPSA) is 42.3 Å². The molecule has 1 aliphatic carbocycles. The molecule has 2 heterocycles. The summed E-state index contributed by atoms with van der Waals surface area (Å²) in [7, 11) is 0. The average Bonchev–Trinajstić information content (AvgIpc) is 3.07. The zero-order valence-corrected chi connectivity index (χ0v) is 16.3. The quantitative estimate of drug-likeness (QED) is 0.729. The third-order valence-corrected chi connectivity index (χ3v) is 6.46. The predicted octanol–water partition coefficient (Wildman–Crippen LogP) is 4.81. The molecule has 1 saturated carbocycles. The third kappa shape index (κ3) is 3.67. The van der Waals surface area contributed by atoms with Gasteiger partial charge in [0.1, 0.15) is 6.54 Å². The molecule has 1 amide bonds. The standard InChI is InChI=1S/C23H30N2O2/c1-17-9-7-8-14-25(17)22(26)16-24-15-20(19-12-5-6-13-21(19)24)23(27)18-10-3-2-4-11-18/h5-6,12-13,15,17-18H,2-4,7-11,14,16H2,1H3/t17-/m0/s1. The maximum absolute atomic E-state index is 13.2. The van der Waals surface area contributed by atoms with Gasteiger partial charge in [-0.15, -0.1) is 0 Å². The molecule has 4 nitrogen and oxygen atoms in total. The molecule has 0 radical (unpaired) electrons. The van der Waals surface area contributed by atoms with E-state index in [1.165, 1.54) is 12.8 Å². The molecule has 4 heteroatoms. The molecule has 27 heavy (non-hydrogen) atoms. The van der Waals surface area contributed by atoms with Crippen LogP contribution in [0.15, 0.2) is 30.5 Å². The van der Waals surface area contributed by atoms with E-state index in [4.69, 9.17) is 0 Å². The van der Waals surface area contributed by atoms with Crippen LogP contribution in [-0.4, -0.2) is 33.7 Å². The summed E-state index contributed by atoms with van der Waals surface area (Å²) < 4.78 is 2.00. The summed E-state index contributed by atoms with van der Waals surface area (Å²) in [5.74, 6) is 0.582. The van der Waals surface area contributed by atoms with E-state index in [1.54, 1.807) is 0 Å². The molecule has 0 N–H and O–H groups in total. The minimum atomic E-state index is 0.149. The van der Waals surface area contributed by atoms with E-state index in [0.717, 1.165) is 61.5 Å². The summed E-state index contributed by atoms with van der Waals surface area (Å²) in [6.45, 7) is 3.32. The van der Waals surface area contributed by atoms with Crippen LogP contribution >= 0.6 is 0 Å². The molecule has 2 aliphatic rings. The van der Waals surface area contributed by atoms with Crippen LogP contribution in [0, 0.1) is 5.92 Å². The minimum Gasteiger partial charge on any atom is -0.338 e. The van der Waals surface area contributed by atoms with Crippen LogP contribution in [0.2, 0.25) is 0 Å². The number of amides is 1. The van der Waals surface area contributed by atoms with Gasteiger partial charge in [-0.2, -0.15) is 0 Å². The molecular formula is C23H30N2O2. The maximum Gasteiger partial charge on any atom is 0.242 e. The summed E-state index contributed by atoms with van der Waals surface area (Å²) in [5.41, 5.74) is 1.80. The Morgan fingerprint density at radius 3 is 2.52 bits per heavy atom. The monoisotopic (exact) mass is 366 g/mol. The molecule has 1 aliphatic heterocycles. The molecular weight excluding hydrogens is 336 g/mol. The number of ketones is 1. The minimum absolute atomic E-state index is 0.149. The summed E-state index contributed by atoms with van der Waals surface area (Å²) >= 11 is 0. The van der Waals surface area contributed by atoms with Gasteiger partial charge in [-0.3, -0.25) is 9.59 Å². The Bertz CT molecular complexity index is 832. The second-order valence-corrected chi connectivity index (χ2v) is 8.32. The van der Waals surface area contributed by atoms with E-state index in [0.29, 0.717) is 12.6 Å². The van der Waals surface area contributed by atoms with Gasteiger partial charge >= 0.3 is 0 Å². The number of para-hydroxylation sites is 1. The van der Waals surface area contributed by atoms with Crippen LogP contribution in [0.3, 0.4) is 0 Å². The van der Waals surface area contributed by atoms with E-state index in [1.807, 2.05) is 39.9 Å². The van der Waals surface area contributed by atoms with Gasteiger partial charge < -0.3 is 9.47 Å². The lowest BCUT2D eigenvalue weighted by Crippen LogP contribution is -2.43. The number of nitrogens with zero attached hydrogens (tertiary/aromatic N) is 2. The highest BCUT2D eigenvalue weighted by Gasteiger charge is 2.27. The van der Waals surface area contributed by atoms with Crippen molar-refractivity contribution in [1.82, 2.24) is 9.47 Å². The van der Waals surface area contributed by atoms with Gasteiger partial charge in [-0.25, -0.2) is 0 Å². The number of fused-ring (bicyclic) bond motifs is 1. The third-order valence-electron chi connectivity index (χ3n) is 6.46. The van der Waals surface area contributed by atoms with Gasteiger partial charge in [0.15, 0.2) is 5.78 Å². The highest BCUT2D eigenvalue weighted by Crippen LogP contribution is 2.31. The lowest BCUT2D eigenvalue weighted by molar-refractivity contribution is -0.135. The number of carbonyl (C=O) groups excluding carboxylic acids is 2. The maximum atomic E-state index is 13.2. The van der Waals surface area contributed by atoms with Crippen LogP contribution in [0.4, 0.5) is 0 Å². The van der Waals surface area contributed by atoms with E-state index >= 15 is 0 Å². The Kier molecular flexibility index (Phi) is 5.33. The number of piperidine rings is 1. The molecule has 0 spiro atoms. The molecule has 1 atom stereocenters. The van der Waals surface area contributed by atoms with Crippen molar-refractivity contribution in [3.63, 3.8) is 0 Å². The first-order valence-electron chi connectivity index (χ1n) is 10.6. The average molecular weight is 367 g/mol. The molecule has 2 aromatic rings. The second-order valence-electron chi connectivity index (χ2n) is 8.32. The van der Waals surface area contributed by atoms with E-state index in [2.05, 4.69) is 6.92 Å². The number of likely N-dealkylation sites (tertiary alicyclic amines) is 1. The van der Waals surface area contributed by atoms with Crippen molar-refractivity contribution >= 4 is 22.6 Å². The highest BCUT2D eigenvalue weighted by molar-refractivity contribution is 6.09. The van der Waals surface area contributed by atoms with Crippen molar-refractivity contribution in [3.05, 3.63) is 36.0 Å². The van der Waals surface area contributed by atoms with Gasteiger partial charge in [-0.1, -0.05) is 37.5 Å². The highest BCUT2D eigenvalue weighted by atomic mass is 16.2. The Hall–Kier alpha value is -2.10. The first-order chi connectivity index (χ1) is 13.1. The fourth-order valence-electron chi connectivity index (χ4n) is 4.86. The number of aromatic nitrogens is 1. The first kappa shape index (κ1) is 18.3. The molecule has 1 saturated heterocycles. The van der Waals surface area contributed by atoms with Crippen LogP contribution in [0.5, 0.6) is 0 Å². The smallest absolute Gasteiger partial charge is 0.242 e. The lowest BCUT2D eigenvalue weighted by Gasteiger charge is -2.33. The van der Waals surface area contributed by atoms with Crippen molar-refractivity contribution in [1.29, 1.82) is 0 Å². The summed E-state index contributed by atoms with van der Waals surface area (Å²) in [6, 6.07) is 8.34. The molecule has 4 rings (SSSR count). The number of Topliss-reactive ketones (excluding diaryl/α,β-unsaturated/α-hetero) is 1. The largest absolute Gasteiger partial charge is 0.338 e. The molecule has 0 unspecified atom stereocenters. The number of rotatable bonds is 4. The van der Waals surface area contributed by atoms with Crippen LogP contribution in [0.1, 0.15) is 68.6 Å². The van der Waals surface area contributed by atoms with Crippen molar-refractivity contribution in [3.8, 4) is 0 Å². The van der Waals surface area contributed by atoms with E-state index in [-0.39, 0.29) is 17.6 Å². The van der Waals surface area contributed by atoms with E-state index < -0.39 is 0 Å². The van der Waals surface area contributed by atoms with Crippen molar-refractivity contribution in [2.24, 2.45) is 5.92 Å². The van der Waals surface area contributed by atoms with Gasteiger partial charge in [0.2, 0.25) is 5.91 Å². The van der Waals surface area contributed by atoms with Crippen LogP contribution < -0.4 is 0 Å². The fourth-order valence-corrected chi connectivity index (χ4v) is 4.86. The first-order valence-corrected chi connectivity index (χ1v) is 10.6. The van der Waals surface area contributed by atoms with E-state index in [9.17, 15) is 9.59 Å². The van der Waals surface area contributed by atoms with Crippen molar-refractivity contribution in [2.45, 2.75) is 70.9 Å². The number of carbonyl (C=O) groups is 2. The number of benzene rings is 1. The van der Waals surface area contributed by atoms with Crippen molar-refractivity contribution in [2.75, 3.05) is 6.54 Å². The Morgan fingerprint density at radius 2 is 1.74 bits per heavy atom. The van der Waals surface area contributed by atoms with Gasteiger partial charge in [0, 0.05) is 41.2 Å². The zero-order valence-electron chi connectivity index (χ0n) is 16.3. The zero-order chi connectivity index (χ0) is 18.8. The van der Waals surface area contributed by atoms with Gasteiger partial charge in [0.05, 0.1) is 0 Å². The normalized spacial score (nSPS) is 21.5. The predicted molar refractivity (Wildman–Crippen MR) is 108 cm³/mol. The Labute approximate surface area is 161 Å².